The summed E-state index contributed by atoms with van der Waals surface area (Å²) >= 11 is 0. The van der Waals surface area contributed by atoms with Crippen LogP contribution < -0.4 is 5.73 Å². The van der Waals surface area contributed by atoms with Gasteiger partial charge in [-0.15, -0.1) is 0 Å². The topological polar surface area (TPSA) is 167 Å². The molecule has 10 aromatic carbocycles. The van der Waals surface area contributed by atoms with Gasteiger partial charge in [-0.1, -0.05) is 294 Å². The summed E-state index contributed by atoms with van der Waals surface area (Å²) in [5.41, 5.74) is 31.0. The second-order valence-electron chi connectivity index (χ2n) is 30.6. The second-order valence-corrected chi connectivity index (χ2v) is 30.6. The standard InChI is InChI=1S/C102H88N12/c103-95(108-96(75-27-9-2-10-28-75)107-64-68-25-7-1-8-26-68)80-55-58-92(104-65-80)72-49-43-69(44-50-72)86-37-19-22-40-89(86)83-61-84(90-41-23-20-38-87(90)70-45-51-73(52-46-70)93-59-56-81(66-105-93)101-111-97(76-29-11-3-12-30-76)109-98(112-101)77-31-13-4-14-32-77)63-85(62-83)91-42-24-21-39-88(91)71-47-53-74(54-48-71)94-60-57-82(67-106-94)102-113-99(78-33-15-5-16-34-78)110-100(114-102)79-35-17-6-18-36-79/h2-3,5,9-12,15-16,19-24,27-30,33-34,37-63,65-68,77,79H,1,4,6-8,13-14,17-18,25-26,31-32,35-36,64H2,(H2,103,107,108). The highest BCUT2D eigenvalue weighted by Crippen LogP contribution is 2.44. The van der Waals surface area contributed by atoms with E-state index < -0.39 is 0 Å². The number of nitrogens with two attached hydrogens (primary N) is 1. The predicted molar refractivity (Wildman–Crippen MR) is 464 cm³/mol. The molecular formula is C102H88N12. The number of hydrogen-bond donors (Lipinski definition) is 1. The molecule has 5 aromatic heterocycles. The van der Waals surface area contributed by atoms with Crippen LogP contribution in [0.3, 0.4) is 0 Å². The van der Waals surface area contributed by atoms with Gasteiger partial charge in [0.15, 0.2) is 29.1 Å². The number of amidine groups is 2. The van der Waals surface area contributed by atoms with Crippen molar-refractivity contribution in [3.63, 3.8) is 0 Å². The lowest BCUT2D eigenvalue weighted by Crippen LogP contribution is -2.17. The van der Waals surface area contributed by atoms with E-state index in [0.717, 1.165) is 178 Å². The van der Waals surface area contributed by atoms with Crippen molar-refractivity contribution in [3.05, 3.63) is 333 Å². The lowest BCUT2D eigenvalue weighted by Gasteiger charge is -2.21. The van der Waals surface area contributed by atoms with Crippen molar-refractivity contribution < 1.29 is 0 Å². The highest BCUT2D eigenvalue weighted by molar-refractivity contribution is 6.11. The molecule has 0 radical (unpaired) electrons. The van der Waals surface area contributed by atoms with Gasteiger partial charge in [0, 0.05) is 87.0 Å². The summed E-state index contributed by atoms with van der Waals surface area (Å²) in [6.45, 7) is 0.753. The van der Waals surface area contributed by atoms with E-state index in [0.29, 0.717) is 52.7 Å². The van der Waals surface area contributed by atoms with Gasteiger partial charge < -0.3 is 5.73 Å². The van der Waals surface area contributed by atoms with Gasteiger partial charge in [0.25, 0.3) is 0 Å². The number of nitrogens with zero attached hydrogens (tertiary/aromatic N) is 11. The van der Waals surface area contributed by atoms with Crippen LogP contribution >= 0.6 is 0 Å². The minimum absolute atomic E-state index is 0.324. The van der Waals surface area contributed by atoms with E-state index in [4.69, 9.17) is 60.6 Å². The largest absolute Gasteiger partial charge is 0.383 e. The van der Waals surface area contributed by atoms with Crippen LogP contribution in [0.25, 0.3) is 146 Å². The fraction of sp³-hybridized carbons (Fsp3) is 0.186. The third kappa shape index (κ3) is 16.3. The van der Waals surface area contributed by atoms with E-state index in [-0.39, 0.29) is 0 Å². The van der Waals surface area contributed by atoms with E-state index in [9.17, 15) is 0 Å². The SMILES string of the molecule is N/C(=N\C(=N/CC1CCCCC1)c1ccccc1)c1ccc(-c2ccc(-c3ccccc3-c3cc(-c4ccccc4-c4ccc(-c5ccc(-c6nc(-c7ccccc7)nc(C7CCCCC7)n6)cn5)cc4)cc(-c4ccccc4-c4ccc(-c5ccc(-c6nc(-c7ccccc7)nc(C7CCCCC7)n6)cn5)cc4)c3)cc2)nc1. The number of benzene rings is 10. The lowest BCUT2D eigenvalue weighted by atomic mass is 9.86. The molecule has 0 aliphatic heterocycles. The Hall–Kier alpha value is -13.2. The zero-order chi connectivity index (χ0) is 76.4. The van der Waals surface area contributed by atoms with Crippen molar-refractivity contribution in [3.8, 4) is 146 Å². The third-order valence-electron chi connectivity index (χ3n) is 23.0. The average molecular weight is 1480 g/mol. The van der Waals surface area contributed by atoms with Crippen LogP contribution in [0.1, 0.15) is 131 Å². The van der Waals surface area contributed by atoms with Gasteiger partial charge in [0.2, 0.25) is 0 Å². The van der Waals surface area contributed by atoms with E-state index in [1.165, 1.54) is 70.6 Å². The predicted octanol–water partition coefficient (Wildman–Crippen LogP) is 24.7. The lowest BCUT2D eigenvalue weighted by molar-refractivity contribution is 0.367. The molecule has 3 saturated carbocycles. The minimum Gasteiger partial charge on any atom is -0.383 e. The zero-order valence-electron chi connectivity index (χ0n) is 64.0. The molecule has 0 bridgehead atoms. The Bertz CT molecular complexity index is 5640. The Morgan fingerprint density at radius 2 is 0.588 bits per heavy atom. The van der Waals surface area contributed by atoms with Gasteiger partial charge in [-0.2, -0.15) is 0 Å². The molecule has 2 N–H and O–H groups in total. The van der Waals surface area contributed by atoms with Gasteiger partial charge in [-0.05, 0) is 166 Å². The quantitative estimate of drug-likeness (QED) is 0.0608. The van der Waals surface area contributed by atoms with E-state index in [1.807, 2.05) is 85.3 Å². The number of pyridine rings is 3. The summed E-state index contributed by atoms with van der Waals surface area (Å²) in [7, 11) is 0. The summed E-state index contributed by atoms with van der Waals surface area (Å²) in [4.78, 5) is 55.5. The van der Waals surface area contributed by atoms with Gasteiger partial charge in [0.05, 0.1) is 17.1 Å². The molecule has 0 unspecified atom stereocenters. The second kappa shape index (κ2) is 33.8. The molecule has 0 amide bonds. The van der Waals surface area contributed by atoms with Crippen LogP contribution in [0, 0.1) is 5.92 Å². The Morgan fingerprint density at radius 3 is 0.947 bits per heavy atom. The van der Waals surface area contributed by atoms with Crippen molar-refractivity contribution in [1.29, 1.82) is 0 Å². The maximum Gasteiger partial charge on any atom is 0.165 e. The van der Waals surface area contributed by atoms with Crippen molar-refractivity contribution in [1.82, 2.24) is 44.9 Å². The van der Waals surface area contributed by atoms with Crippen LogP contribution in [-0.2, 0) is 0 Å². The van der Waals surface area contributed by atoms with E-state index >= 15 is 0 Å². The molecule has 12 nitrogen and oxygen atoms in total. The summed E-state index contributed by atoms with van der Waals surface area (Å²) in [5.74, 6) is 6.74. The maximum atomic E-state index is 6.79. The van der Waals surface area contributed by atoms with Crippen molar-refractivity contribution in [2.75, 3.05) is 6.54 Å². The highest BCUT2D eigenvalue weighted by atomic mass is 15.1. The van der Waals surface area contributed by atoms with Crippen molar-refractivity contribution >= 4 is 11.7 Å². The molecule has 0 saturated heterocycles. The monoisotopic (exact) mass is 1480 g/mol. The first-order chi connectivity index (χ1) is 56.4. The normalized spacial score (nSPS) is 14.6. The Kier molecular flexibility index (Phi) is 21.5. The van der Waals surface area contributed by atoms with Gasteiger partial charge in [-0.3, -0.25) is 19.9 Å². The van der Waals surface area contributed by atoms with Crippen molar-refractivity contribution in [2.45, 2.75) is 108 Å². The fourth-order valence-corrected chi connectivity index (χ4v) is 16.7. The van der Waals surface area contributed by atoms with Crippen LogP contribution in [-0.4, -0.2) is 63.1 Å². The number of aliphatic imine (C=N–C) groups is 2. The number of rotatable bonds is 19. The molecular weight excluding hydrogens is 1390 g/mol. The van der Waals surface area contributed by atoms with Crippen LogP contribution in [0.2, 0.25) is 0 Å². The molecule has 12 heteroatoms. The molecule has 18 rings (SSSR count). The molecule has 114 heavy (non-hydrogen) atoms. The molecule has 3 aliphatic rings. The molecule has 0 atom stereocenters. The number of hydrogen-bond acceptors (Lipinski definition) is 10. The summed E-state index contributed by atoms with van der Waals surface area (Å²) in [6.07, 6.45) is 23.6. The van der Waals surface area contributed by atoms with E-state index in [1.54, 1.807) is 0 Å². The zero-order valence-corrected chi connectivity index (χ0v) is 64.0. The molecule has 556 valence electrons. The summed E-state index contributed by atoms with van der Waals surface area (Å²) in [6, 6.07) is 103. The van der Waals surface area contributed by atoms with Crippen LogP contribution in [0.15, 0.2) is 320 Å². The molecule has 15 aromatic rings. The van der Waals surface area contributed by atoms with Crippen molar-refractivity contribution in [2.24, 2.45) is 21.6 Å². The summed E-state index contributed by atoms with van der Waals surface area (Å²) in [5, 5.41) is 0. The number of aromatic nitrogens is 9. The van der Waals surface area contributed by atoms with Gasteiger partial charge in [0.1, 0.15) is 17.5 Å². The average Bonchev–Trinajstić information content (AvgIpc) is 0.769. The van der Waals surface area contributed by atoms with Gasteiger partial charge >= 0.3 is 0 Å². The third-order valence-corrected chi connectivity index (χ3v) is 23.0. The molecule has 3 aliphatic carbocycles. The highest BCUT2D eigenvalue weighted by Gasteiger charge is 2.25. The first-order valence-corrected chi connectivity index (χ1v) is 40.6. The first kappa shape index (κ1) is 72.4. The Balaban J connectivity index is 0.663. The smallest absolute Gasteiger partial charge is 0.165 e. The summed E-state index contributed by atoms with van der Waals surface area (Å²) < 4.78 is 0. The minimum atomic E-state index is 0.324. The fourth-order valence-electron chi connectivity index (χ4n) is 16.7. The first-order valence-electron chi connectivity index (χ1n) is 40.6. The Labute approximate surface area is 667 Å². The van der Waals surface area contributed by atoms with Crippen LogP contribution in [0.4, 0.5) is 0 Å². The molecule has 0 spiro atoms. The van der Waals surface area contributed by atoms with E-state index in [2.05, 4.69) is 224 Å². The molecule has 5 heterocycles. The Morgan fingerprint density at radius 1 is 0.272 bits per heavy atom. The van der Waals surface area contributed by atoms with Gasteiger partial charge in [-0.25, -0.2) is 34.9 Å². The maximum absolute atomic E-state index is 6.79. The van der Waals surface area contributed by atoms with Crippen LogP contribution in [0.5, 0.6) is 0 Å². The molecule has 3 fully saturated rings.